The van der Waals surface area contributed by atoms with Crippen LogP contribution < -0.4 is 0 Å². The van der Waals surface area contributed by atoms with Crippen LogP contribution in [0.1, 0.15) is 22.7 Å². The van der Waals surface area contributed by atoms with Crippen molar-refractivity contribution in [2.45, 2.75) is 13.0 Å². The Hall–Kier alpha value is -2.92. The lowest BCUT2D eigenvalue weighted by molar-refractivity contribution is -0.140. The van der Waals surface area contributed by atoms with Gasteiger partial charge in [0, 0.05) is 18.7 Å². The van der Waals surface area contributed by atoms with Gasteiger partial charge in [0.2, 0.25) is 0 Å². The monoisotopic (exact) mass is 364 g/mol. The predicted octanol–water partition coefficient (Wildman–Crippen LogP) is 2.98. The van der Waals surface area contributed by atoms with E-state index in [1.807, 2.05) is 68.4 Å². The third kappa shape index (κ3) is 3.78. The fourth-order valence-electron chi connectivity index (χ4n) is 3.27. The van der Waals surface area contributed by atoms with E-state index in [9.17, 15) is 14.7 Å². The molecule has 2 aromatic rings. The van der Waals surface area contributed by atoms with E-state index in [4.69, 9.17) is 0 Å². The van der Waals surface area contributed by atoms with Crippen molar-refractivity contribution < 1.29 is 14.7 Å². The number of Topliss-reactive ketones (excluding diaryl/α,β-unsaturated/α-hetero) is 1. The van der Waals surface area contributed by atoms with Crippen LogP contribution in [0.3, 0.4) is 0 Å². The Labute approximate surface area is 159 Å². The number of likely N-dealkylation sites (N-methyl/N-ethyl adjacent to an activating group) is 1. The summed E-state index contributed by atoms with van der Waals surface area (Å²) in [5, 5.41) is 10.9. The normalized spacial score (nSPS) is 19.1. The molecule has 0 radical (unpaired) electrons. The zero-order valence-electron chi connectivity index (χ0n) is 15.8. The molecule has 5 heteroatoms. The number of hydrogen-bond donors (Lipinski definition) is 1. The van der Waals surface area contributed by atoms with Gasteiger partial charge in [-0.2, -0.15) is 0 Å². The van der Waals surface area contributed by atoms with Gasteiger partial charge in [-0.15, -0.1) is 0 Å². The van der Waals surface area contributed by atoms with E-state index < -0.39 is 17.7 Å². The van der Waals surface area contributed by atoms with Crippen molar-refractivity contribution in [3.63, 3.8) is 0 Å². The van der Waals surface area contributed by atoms with Crippen molar-refractivity contribution in [1.82, 2.24) is 9.80 Å². The SMILES string of the molecule is Cc1ccc(/C(O)=C2\C(=O)C(=O)N(CCN(C)C)C2c2ccccc2)cc1. The van der Waals surface area contributed by atoms with Crippen LogP contribution in [0, 0.1) is 6.92 Å². The standard InChI is InChI=1S/C22H24N2O3/c1-15-9-11-17(12-10-15)20(25)18-19(16-7-5-4-6-8-16)24(14-13-23(2)3)22(27)21(18)26/h4-12,19,25H,13-14H2,1-3H3/b20-18+. The Kier molecular flexibility index (Phi) is 5.42. The third-order valence-electron chi connectivity index (χ3n) is 4.77. The molecular formula is C22H24N2O3. The molecule has 140 valence electrons. The average molecular weight is 364 g/mol. The molecule has 1 aliphatic heterocycles. The summed E-state index contributed by atoms with van der Waals surface area (Å²) in [6, 6.07) is 16.1. The molecule has 1 heterocycles. The second kappa shape index (κ2) is 7.76. The number of benzene rings is 2. The lowest BCUT2D eigenvalue weighted by atomic mass is 9.95. The van der Waals surface area contributed by atoms with Gasteiger partial charge in [-0.1, -0.05) is 60.2 Å². The fourth-order valence-corrected chi connectivity index (χ4v) is 3.27. The summed E-state index contributed by atoms with van der Waals surface area (Å²) in [4.78, 5) is 29.0. The molecule has 1 aliphatic rings. The number of likely N-dealkylation sites (tertiary alicyclic amines) is 1. The molecule has 1 N–H and O–H groups in total. The molecule has 27 heavy (non-hydrogen) atoms. The number of carbonyl (C=O) groups is 2. The lowest BCUT2D eigenvalue weighted by Crippen LogP contribution is -2.35. The van der Waals surface area contributed by atoms with Gasteiger partial charge in [-0.05, 0) is 26.6 Å². The van der Waals surface area contributed by atoms with Crippen LogP contribution in [0.2, 0.25) is 0 Å². The number of aliphatic hydroxyl groups is 1. The summed E-state index contributed by atoms with van der Waals surface area (Å²) in [6.07, 6.45) is 0. The van der Waals surface area contributed by atoms with Gasteiger partial charge in [0.15, 0.2) is 0 Å². The summed E-state index contributed by atoms with van der Waals surface area (Å²) >= 11 is 0. The molecule has 2 aromatic carbocycles. The maximum atomic E-state index is 12.8. The van der Waals surface area contributed by atoms with Crippen LogP contribution in [0.4, 0.5) is 0 Å². The number of aryl methyl sites for hydroxylation is 1. The Morgan fingerprint density at radius 1 is 1.04 bits per heavy atom. The highest BCUT2D eigenvalue weighted by Crippen LogP contribution is 2.39. The Morgan fingerprint density at radius 2 is 1.67 bits per heavy atom. The lowest BCUT2D eigenvalue weighted by Gasteiger charge is -2.26. The maximum Gasteiger partial charge on any atom is 0.295 e. The van der Waals surface area contributed by atoms with Crippen molar-refractivity contribution in [2.75, 3.05) is 27.2 Å². The number of rotatable bonds is 5. The van der Waals surface area contributed by atoms with Crippen LogP contribution in [0.15, 0.2) is 60.2 Å². The molecule has 0 saturated carbocycles. The van der Waals surface area contributed by atoms with E-state index in [-0.39, 0.29) is 11.3 Å². The quantitative estimate of drug-likeness (QED) is 0.503. The van der Waals surface area contributed by atoms with E-state index in [1.165, 1.54) is 0 Å². The molecule has 3 rings (SSSR count). The topological polar surface area (TPSA) is 60.9 Å². The van der Waals surface area contributed by atoms with Crippen LogP contribution in [0.5, 0.6) is 0 Å². The summed E-state index contributed by atoms with van der Waals surface area (Å²) in [7, 11) is 3.83. The number of carbonyl (C=O) groups excluding carboxylic acids is 2. The van der Waals surface area contributed by atoms with E-state index in [1.54, 1.807) is 17.0 Å². The average Bonchev–Trinajstić information content (AvgIpc) is 2.91. The van der Waals surface area contributed by atoms with Gasteiger partial charge in [0.25, 0.3) is 11.7 Å². The highest BCUT2D eigenvalue weighted by atomic mass is 16.3. The first-order valence-corrected chi connectivity index (χ1v) is 8.95. The van der Waals surface area contributed by atoms with Crippen molar-refractivity contribution >= 4 is 17.4 Å². The van der Waals surface area contributed by atoms with Crippen LogP contribution in [-0.4, -0.2) is 53.8 Å². The zero-order valence-corrected chi connectivity index (χ0v) is 15.8. The summed E-state index contributed by atoms with van der Waals surface area (Å²) in [5.74, 6) is -1.34. The Morgan fingerprint density at radius 3 is 2.26 bits per heavy atom. The minimum absolute atomic E-state index is 0.130. The zero-order chi connectivity index (χ0) is 19.6. The molecule has 0 aliphatic carbocycles. The van der Waals surface area contributed by atoms with Crippen molar-refractivity contribution in [3.8, 4) is 0 Å². The predicted molar refractivity (Wildman–Crippen MR) is 105 cm³/mol. The van der Waals surface area contributed by atoms with Crippen LogP contribution in [0.25, 0.3) is 5.76 Å². The van der Waals surface area contributed by atoms with Gasteiger partial charge in [-0.25, -0.2) is 0 Å². The summed E-state index contributed by atoms with van der Waals surface area (Å²) in [6.45, 7) is 2.98. The first-order chi connectivity index (χ1) is 12.9. The number of aliphatic hydroxyl groups excluding tert-OH is 1. The smallest absolute Gasteiger partial charge is 0.295 e. The molecule has 0 aromatic heterocycles. The minimum Gasteiger partial charge on any atom is -0.507 e. The number of nitrogens with zero attached hydrogens (tertiary/aromatic N) is 2. The summed E-state index contributed by atoms with van der Waals surface area (Å²) < 4.78 is 0. The first-order valence-electron chi connectivity index (χ1n) is 8.95. The molecular weight excluding hydrogens is 340 g/mol. The van der Waals surface area contributed by atoms with E-state index in [0.717, 1.165) is 11.1 Å². The minimum atomic E-state index is -0.638. The second-order valence-corrected chi connectivity index (χ2v) is 7.07. The second-order valence-electron chi connectivity index (χ2n) is 7.07. The highest BCUT2D eigenvalue weighted by Gasteiger charge is 2.45. The largest absolute Gasteiger partial charge is 0.507 e. The molecule has 0 spiro atoms. The molecule has 5 nitrogen and oxygen atoms in total. The molecule has 1 amide bonds. The first kappa shape index (κ1) is 18.9. The number of amides is 1. The van der Waals surface area contributed by atoms with Gasteiger partial charge >= 0.3 is 0 Å². The molecule has 1 atom stereocenters. The Balaban J connectivity index is 2.12. The van der Waals surface area contributed by atoms with Crippen molar-refractivity contribution in [3.05, 3.63) is 76.9 Å². The fraction of sp³-hybridized carbons (Fsp3) is 0.273. The van der Waals surface area contributed by atoms with E-state index in [0.29, 0.717) is 18.7 Å². The van der Waals surface area contributed by atoms with E-state index >= 15 is 0 Å². The number of hydrogen-bond acceptors (Lipinski definition) is 4. The van der Waals surface area contributed by atoms with Crippen molar-refractivity contribution in [2.24, 2.45) is 0 Å². The van der Waals surface area contributed by atoms with E-state index in [2.05, 4.69) is 0 Å². The van der Waals surface area contributed by atoms with Gasteiger partial charge in [-0.3, -0.25) is 9.59 Å². The van der Waals surface area contributed by atoms with Crippen LogP contribution in [-0.2, 0) is 9.59 Å². The van der Waals surface area contributed by atoms with Gasteiger partial charge in [0.1, 0.15) is 5.76 Å². The van der Waals surface area contributed by atoms with Gasteiger partial charge < -0.3 is 14.9 Å². The molecule has 1 unspecified atom stereocenters. The Bertz CT molecular complexity index is 870. The summed E-state index contributed by atoms with van der Waals surface area (Å²) in [5.41, 5.74) is 2.54. The number of ketones is 1. The molecule has 0 bridgehead atoms. The highest BCUT2D eigenvalue weighted by molar-refractivity contribution is 6.46. The molecule has 1 saturated heterocycles. The van der Waals surface area contributed by atoms with Crippen molar-refractivity contribution in [1.29, 1.82) is 0 Å². The third-order valence-corrected chi connectivity index (χ3v) is 4.77. The molecule has 1 fully saturated rings. The van der Waals surface area contributed by atoms with Gasteiger partial charge in [0.05, 0.1) is 11.6 Å². The maximum absolute atomic E-state index is 12.8. The van der Waals surface area contributed by atoms with Crippen LogP contribution >= 0.6 is 0 Å².